The number of nitrogens with zero attached hydrogens (tertiary/aromatic N) is 3. The van der Waals surface area contributed by atoms with Crippen molar-refractivity contribution in [1.82, 2.24) is 14.8 Å². The van der Waals surface area contributed by atoms with Crippen molar-refractivity contribution in [2.24, 2.45) is 5.92 Å². The minimum absolute atomic E-state index is 0.264. The van der Waals surface area contributed by atoms with Crippen LogP contribution in [0.5, 0.6) is 0 Å². The van der Waals surface area contributed by atoms with E-state index in [9.17, 15) is 4.39 Å². The molecule has 3 nitrogen and oxygen atoms in total. The lowest BCUT2D eigenvalue weighted by molar-refractivity contribution is 0.335. The summed E-state index contributed by atoms with van der Waals surface area (Å²) in [5, 5.41) is 10.0. The van der Waals surface area contributed by atoms with Crippen molar-refractivity contribution in [2.75, 3.05) is 0 Å². The van der Waals surface area contributed by atoms with Crippen LogP contribution in [-0.4, -0.2) is 14.8 Å². The Morgan fingerprint density at radius 3 is 2.76 bits per heavy atom. The Bertz CT molecular complexity index is 678. The lowest BCUT2D eigenvalue weighted by Gasteiger charge is -2.21. The van der Waals surface area contributed by atoms with Crippen LogP contribution in [0, 0.1) is 11.7 Å². The Morgan fingerprint density at radius 2 is 2.04 bits per heavy atom. The van der Waals surface area contributed by atoms with Gasteiger partial charge in [-0.2, -0.15) is 0 Å². The van der Waals surface area contributed by atoms with Crippen LogP contribution in [0.4, 0.5) is 4.39 Å². The summed E-state index contributed by atoms with van der Waals surface area (Å²) in [6.07, 6.45) is 9.02. The number of hydrogen-bond acceptors (Lipinski definition) is 3. The molecule has 6 heteroatoms. The van der Waals surface area contributed by atoms with Gasteiger partial charge in [-0.1, -0.05) is 61.5 Å². The molecular weight excluding hydrogens is 357 g/mol. The lowest BCUT2D eigenvalue weighted by Crippen LogP contribution is -2.10. The average Bonchev–Trinajstić information content (AvgIpc) is 3.02. The Morgan fingerprint density at radius 1 is 1.24 bits per heavy atom. The van der Waals surface area contributed by atoms with Crippen LogP contribution in [0.3, 0.4) is 0 Å². The number of thioether (sulfide) groups is 1. The topological polar surface area (TPSA) is 30.7 Å². The van der Waals surface area contributed by atoms with Crippen LogP contribution in [-0.2, 0) is 18.7 Å². The van der Waals surface area contributed by atoms with Gasteiger partial charge in [0.1, 0.15) is 11.6 Å². The highest BCUT2D eigenvalue weighted by Crippen LogP contribution is 2.30. The molecule has 1 aliphatic carbocycles. The Hall–Kier alpha value is -1.07. The summed E-state index contributed by atoms with van der Waals surface area (Å²) < 4.78 is 16.1. The molecule has 0 N–H and O–H groups in total. The number of hydrogen-bond donors (Lipinski definition) is 0. The van der Waals surface area contributed by atoms with Crippen molar-refractivity contribution in [1.29, 1.82) is 0 Å². The summed E-state index contributed by atoms with van der Waals surface area (Å²) in [6, 6.07) is 4.80. The molecule has 1 fully saturated rings. The maximum Gasteiger partial charge on any atom is 0.191 e. The molecule has 1 saturated carbocycles. The van der Waals surface area contributed by atoms with Gasteiger partial charge in [0.15, 0.2) is 5.16 Å². The minimum Gasteiger partial charge on any atom is -0.306 e. The van der Waals surface area contributed by atoms with Crippen LogP contribution in [0.15, 0.2) is 23.4 Å². The molecule has 0 atom stereocenters. The van der Waals surface area contributed by atoms with Crippen molar-refractivity contribution in [3.8, 4) is 0 Å². The second-order valence-electron chi connectivity index (χ2n) is 6.67. The molecule has 0 saturated heterocycles. The Labute approximate surface area is 158 Å². The van der Waals surface area contributed by atoms with Gasteiger partial charge in [-0.15, -0.1) is 10.2 Å². The molecule has 0 radical (unpaired) electrons. The van der Waals surface area contributed by atoms with Gasteiger partial charge >= 0.3 is 0 Å². The van der Waals surface area contributed by atoms with Crippen molar-refractivity contribution < 1.29 is 4.39 Å². The highest BCUT2D eigenvalue weighted by molar-refractivity contribution is 7.98. The van der Waals surface area contributed by atoms with E-state index in [0.29, 0.717) is 16.3 Å². The first-order chi connectivity index (χ1) is 12.2. The summed E-state index contributed by atoms with van der Waals surface area (Å²) in [7, 11) is 0. The number of rotatable bonds is 7. The highest BCUT2D eigenvalue weighted by atomic mass is 35.5. The molecule has 25 heavy (non-hydrogen) atoms. The first-order valence-corrected chi connectivity index (χ1v) is 10.5. The molecule has 136 valence electrons. The first-order valence-electron chi connectivity index (χ1n) is 9.16. The van der Waals surface area contributed by atoms with E-state index >= 15 is 0 Å². The molecule has 0 spiro atoms. The zero-order chi connectivity index (χ0) is 17.6. The van der Waals surface area contributed by atoms with Crippen LogP contribution in [0.2, 0.25) is 5.02 Å². The van der Waals surface area contributed by atoms with E-state index in [0.717, 1.165) is 29.9 Å². The summed E-state index contributed by atoms with van der Waals surface area (Å²) >= 11 is 7.61. The quantitative estimate of drug-likeness (QED) is 0.559. The number of halogens is 2. The second-order valence-corrected chi connectivity index (χ2v) is 8.02. The van der Waals surface area contributed by atoms with Gasteiger partial charge < -0.3 is 4.57 Å². The number of aryl methyl sites for hydroxylation is 1. The van der Waals surface area contributed by atoms with E-state index in [-0.39, 0.29) is 5.82 Å². The number of aromatic nitrogens is 3. The van der Waals surface area contributed by atoms with Gasteiger partial charge in [0.2, 0.25) is 0 Å². The fourth-order valence-corrected chi connectivity index (χ4v) is 4.91. The molecule has 1 aromatic heterocycles. The molecule has 0 aliphatic heterocycles. The predicted molar refractivity (Wildman–Crippen MR) is 102 cm³/mol. The Kier molecular flexibility index (Phi) is 6.77. The third-order valence-electron chi connectivity index (χ3n) is 5.02. The summed E-state index contributed by atoms with van der Waals surface area (Å²) in [4.78, 5) is 0. The number of benzene rings is 1. The largest absolute Gasteiger partial charge is 0.306 e. The standard InChI is InChI=1S/C19H25ClFN3S/c1-2-24-18(12-11-14-7-4-3-5-8-14)22-23-19(24)25-13-15-16(20)9-6-10-17(15)21/h6,9-10,14H,2-5,7-8,11-13H2,1H3. The average molecular weight is 382 g/mol. The molecule has 1 heterocycles. The van der Waals surface area contributed by atoms with Gasteiger partial charge in [-0.05, 0) is 31.4 Å². The third kappa shape index (κ3) is 4.76. The first kappa shape index (κ1) is 18.7. The van der Waals surface area contributed by atoms with E-state index < -0.39 is 0 Å². The van der Waals surface area contributed by atoms with E-state index in [1.165, 1.54) is 56.4 Å². The van der Waals surface area contributed by atoms with E-state index in [1.807, 2.05) is 0 Å². The van der Waals surface area contributed by atoms with Gasteiger partial charge in [-0.25, -0.2) is 4.39 Å². The van der Waals surface area contributed by atoms with Gasteiger partial charge in [-0.3, -0.25) is 0 Å². The highest BCUT2D eigenvalue weighted by Gasteiger charge is 2.17. The zero-order valence-corrected chi connectivity index (χ0v) is 16.3. The smallest absolute Gasteiger partial charge is 0.191 e. The zero-order valence-electron chi connectivity index (χ0n) is 14.7. The monoisotopic (exact) mass is 381 g/mol. The molecule has 2 aromatic rings. The minimum atomic E-state index is -0.264. The van der Waals surface area contributed by atoms with Gasteiger partial charge in [0, 0.05) is 29.3 Å². The van der Waals surface area contributed by atoms with E-state index in [1.54, 1.807) is 12.1 Å². The molecule has 0 unspecified atom stereocenters. The van der Waals surface area contributed by atoms with Crippen LogP contribution >= 0.6 is 23.4 Å². The maximum atomic E-state index is 13.9. The van der Waals surface area contributed by atoms with Gasteiger partial charge in [0.25, 0.3) is 0 Å². The maximum absolute atomic E-state index is 13.9. The summed E-state index contributed by atoms with van der Waals surface area (Å²) in [5.41, 5.74) is 0.531. The van der Waals surface area contributed by atoms with Crippen molar-refractivity contribution in [2.45, 2.75) is 69.3 Å². The summed E-state index contributed by atoms with van der Waals surface area (Å²) in [5.74, 6) is 2.09. The summed E-state index contributed by atoms with van der Waals surface area (Å²) in [6.45, 7) is 2.94. The van der Waals surface area contributed by atoms with Crippen molar-refractivity contribution in [3.05, 3.63) is 40.4 Å². The van der Waals surface area contributed by atoms with E-state index in [4.69, 9.17) is 11.6 Å². The van der Waals surface area contributed by atoms with Crippen molar-refractivity contribution >= 4 is 23.4 Å². The molecule has 1 aliphatic rings. The predicted octanol–water partition coefficient (Wildman–Crippen LogP) is 5.90. The van der Waals surface area contributed by atoms with Crippen LogP contribution < -0.4 is 0 Å². The van der Waals surface area contributed by atoms with Crippen molar-refractivity contribution in [3.63, 3.8) is 0 Å². The van der Waals surface area contributed by atoms with Crippen LogP contribution in [0.25, 0.3) is 0 Å². The molecule has 0 bridgehead atoms. The molecule has 3 rings (SSSR count). The molecule has 1 aromatic carbocycles. The third-order valence-corrected chi connectivity index (χ3v) is 6.37. The fraction of sp³-hybridized carbons (Fsp3) is 0.579. The second kappa shape index (κ2) is 9.04. The molecule has 0 amide bonds. The lowest BCUT2D eigenvalue weighted by atomic mass is 9.86. The Balaban J connectivity index is 1.63. The normalized spacial score (nSPS) is 15.6. The van der Waals surface area contributed by atoms with Crippen LogP contribution in [0.1, 0.15) is 56.8 Å². The van der Waals surface area contributed by atoms with E-state index in [2.05, 4.69) is 21.7 Å². The fourth-order valence-electron chi connectivity index (χ4n) is 3.54. The molecular formula is C19H25ClFN3S. The van der Waals surface area contributed by atoms with Gasteiger partial charge in [0.05, 0.1) is 0 Å². The SMILES string of the molecule is CCn1c(CCC2CCCCC2)nnc1SCc1c(F)cccc1Cl.